The van der Waals surface area contributed by atoms with Gasteiger partial charge in [-0.15, -0.1) is 10.2 Å². The Morgan fingerprint density at radius 3 is 3.00 bits per heavy atom. The molecule has 0 bridgehead atoms. The van der Waals surface area contributed by atoms with Crippen molar-refractivity contribution >= 4 is 28.1 Å². The van der Waals surface area contributed by atoms with Crippen molar-refractivity contribution in [3.05, 3.63) is 42.1 Å². The third-order valence-electron chi connectivity index (χ3n) is 4.99. The molecule has 1 N–H and O–H groups in total. The van der Waals surface area contributed by atoms with Crippen molar-refractivity contribution < 1.29 is 9.53 Å². The second kappa shape index (κ2) is 6.69. The largest absolute Gasteiger partial charge is 0.486 e. The Labute approximate surface area is 166 Å². The number of carbonyl (C=O) groups excluding carboxylic acids is 1. The fourth-order valence-corrected chi connectivity index (χ4v) is 3.50. The highest BCUT2D eigenvalue weighted by atomic mass is 16.5. The summed E-state index contributed by atoms with van der Waals surface area (Å²) in [5.41, 5.74) is 3.14. The van der Waals surface area contributed by atoms with Crippen molar-refractivity contribution in [2.75, 3.05) is 31.6 Å². The summed E-state index contributed by atoms with van der Waals surface area (Å²) in [5.74, 6) is 1.00. The van der Waals surface area contributed by atoms with Crippen LogP contribution in [0.1, 0.15) is 17.3 Å². The van der Waals surface area contributed by atoms with Gasteiger partial charge in [-0.2, -0.15) is 9.61 Å². The number of likely N-dealkylation sites (N-methyl/N-ethyl adjacent to an activating group) is 1. The highest BCUT2D eigenvalue weighted by Gasteiger charge is 2.23. The van der Waals surface area contributed by atoms with Crippen LogP contribution in [0.3, 0.4) is 0 Å². The van der Waals surface area contributed by atoms with Gasteiger partial charge in [-0.1, -0.05) is 18.2 Å². The van der Waals surface area contributed by atoms with Gasteiger partial charge in [-0.05, 0) is 19.1 Å². The Balaban J connectivity index is 1.67. The molecule has 4 heterocycles. The van der Waals surface area contributed by atoms with Crippen LogP contribution in [0, 0.1) is 0 Å². The van der Waals surface area contributed by atoms with Gasteiger partial charge in [-0.3, -0.25) is 4.79 Å². The predicted molar refractivity (Wildman–Crippen MR) is 108 cm³/mol. The van der Waals surface area contributed by atoms with Gasteiger partial charge in [0.1, 0.15) is 18.0 Å². The number of carbonyl (C=O) groups is 1. The number of hydrogen-bond acceptors (Lipinski definition) is 7. The fourth-order valence-electron chi connectivity index (χ4n) is 3.50. The lowest BCUT2D eigenvalue weighted by molar-refractivity contribution is 0.0957. The van der Waals surface area contributed by atoms with Crippen LogP contribution in [0.25, 0.3) is 28.1 Å². The van der Waals surface area contributed by atoms with E-state index in [9.17, 15) is 4.79 Å². The zero-order chi connectivity index (χ0) is 20.0. The van der Waals surface area contributed by atoms with Crippen LogP contribution in [0.5, 0.6) is 5.75 Å². The van der Waals surface area contributed by atoms with E-state index in [0.717, 1.165) is 17.6 Å². The summed E-state index contributed by atoms with van der Waals surface area (Å²) in [6.45, 7) is 3.81. The van der Waals surface area contributed by atoms with E-state index in [4.69, 9.17) is 9.72 Å². The zero-order valence-electron chi connectivity index (χ0n) is 16.1. The van der Waals surface area contributed by atoms with Crippen molar-refractivity contribution in [2.45, 2.75) is 6.92 Å². The Bertz CT molecular complexity index is 1250. The summed E-state index contributed by atoms with van der Waals surface area (Å²) in [4.78, 5) is 19.2. The van der Waals surface area contributed by atoms with E-state index < -0.39 is 0 Å². The normalized spacial score (nSPS) is 13.4. The fraction of sp³-hybridized carbons (Fsp3) is 0.250. The highest BCUT2D eigenvalue weighted by Crippen LogP contribution is 2.34. The van der Waals surface area contributed by atoms with Crippen LogP contribution in [0.2, 0.25) is 0 Å². The molecule has 0 spiro atoms. The topological polar surface area (TPSA) is 97.5 Å². The number of ether oxygens (including phenoxy) is 1. The molecule has 29 heavy (non-hydrogen) atoms. The van der Waals surface area contributed by atoms with Crippen molar-refractivity contribution in [1.82, 2.24) is 30.1 Å². The average molecular weight is 389 g/mol. The highest BCUT2D eigenvalue weighted by molar-refractivity contribution is 6.05. The van der Waals surface area contributed by atoms with Crippen LogP contribution in [0.4, 0.5) is 5.69 Å². The Kier molecular flexibility index (Phi) is 4.01. The molecule has 1 aliphatic rings. The summed E-state index contributed by atoms with van der Waals surface area (Å²) in [5, 5.41) is 16.8. The first-order valence-corrected chi connectivity index (χ1v) is 9.44. The standard InChI is InChI=1S/C20H19N7O2/c1-3-21-20(28)13-6-4-5-12-7-8-14(23-16(12)13)18-24-25-19-17-15(11-22-27(18)19)26(2)9-10-29-17/h4-8,11H,3,9-10H2,1-2H3,(H,21,28). The monoisotopic (exact) mass is 389 g/mol. The Morgan fingerprint density at radius 1 is 1.24 bits per heavy atom. The van der Waals surface area contributed by atoms with E-state index in [1.165, 1.54) is 0 Å². The number of fused-ring (bicyclic) bond motifs is 4. The number of pyridine rings is 1. The van der Waals surface area contributed by atoms with Crippen LogP contribution in [-0.4, -0.2) is 57.4 Å². The molecule has 0 saturated heterocycles. The van der Waals surface area contributed by atoms with Crippen molar-refractivity contribution in [2.24, 2.45) is 0 Å². The smallest absolute Gasteiger partial charge is 0.253 e. The van der Waals surface area contributed by atoms with Crippen LogP contribution >= 0.6 is 0 Å². The predicted octanol–water partition coefficient (Wildman–Crippen LogP) is 1.92. The summed E-state index contributed by atoms with van der Waals surface area (Å²) < 4.78 is 7.45. The van der Waals surface area contributed by atoms with Crippen molar-refractivity contribution in [3.63, 3.8) is 0 Å². The maximum absolute atomic E-state index is 12.4. The molecule has 0 aliphatic carbocycles. The number of anilines is 1. The van der Waals surface area contributed by atoms with Gasteiger partial charge in [-0.25, -0.2) is 4.98 Å². The Hall–Kier alpha value is -3.75. The Morgan fingerprint density at radius 2 is 2.14 bits per heavy atom. The number of benzene rings is 1. The molecule has 1 amide bonds. The van der Waals surface area contributed by atoms with Gasteiger partial charge in [0.15, 0.2) is 5.75 Å². The van der Waals surface area contributed by atoms with E-state index in [0.29, 0.717) is 47.1 Å². The lowest BCUT2D eigenvalue weighted by atomic mass is 10.1. The van der Waals surface area contributed by atoms with Gasteiger partial charge < -0.3 is 15.0 Å². The van der Waals surface area contributed by atoms with Crippen molar-refractivity contribution in [1.29, 1.82) is 0 Å². The van der Waals surface area contributed by atoms with E-state index in [-0.39, 0.29) is 5.91 Å². The number of nitrogens with one attached hydrogen (secondary N) is 1. The first-order chi connectivity index (χ1) is 14.2. The van der Waals surface area contributed by atoms with Crippen LogP contribution < -0.4 is 15.0 Å². The quantitative estimate of drug-likeness (QED) is 0.572. The minimum absolute atomic E-state index is 0.155. The zero-order valence-corrected chi connectivity index (χ0v) is 16.1. The van der Waals surface area contributed by atoms with Gasteiger partial charge in [0.2, 0.25) is 11.5 Å². The molecule has 0 saturated carbocycles. The van der Waals surface area contributed by atoms with Gasteiger partial charge in [0.25, 0.3) is 5.91 Å². The lowest BCUT2D eigenvalue weighted by Gasteiger charge is -2.26. The van der Waals surface area contributed by atoms with Gasteiger partial charge in [0, 0.05) is 19.0 Å². The summed E-state index contributed by atoms with van der Waals surface area (Å²) in [7, 11) is 1.99. The molecule has 9 heteroatoms. The first-order valence-electron chi connectivity index (χ1n) is 9.44. The molecule has 146 valence electrons. The molecule has 9 nitrogen and oxygen atoms in total. The molecule has 0 fully saturated rings. The van der Waals surface area contributed by atoms with Gasteiger partial charge >= 0.3 is 0 Å². The number of hydrogen-bond donors (Lipinski definition) is 1. The molecule has 1 aromatic carbocycles. The third kappa shape index (κ3) is 2.74. The van der Waals surface area contributed by atoms with Crippen LogP contribution in [0.15, 0.2) is 36.5 Å². The third-order valence-corrected chi connectivity index (χ3v) is 4.99. The molecule has 0 unspecified atom stereocenters. The SMILES string of the molecule is CCNC(=O)c1cccc2ccc(-c3nnc4c5c(cnn34)N(C)CCO5)nc12. The van der Waals surface area contributed by atoms with E-state index in [2.05, 4.69) is 25.5 Å². The van der Waals surface area contributed by atoms with Crippen molar-refractivity contribution in [3.8, 4) is 17.3 Å². The summed E-state index contributed by atoms with van der Waals surface area (Å²) in [6, 6.07) is 9.32. The van der Waals surface area contributed by atoms with E-state index in [1.54, 1.807) is 16.8 Å². The minimum atomic E-state index is -0.155. The first kappa shape index (κ1) is 17.4. The summed E-state index contributed by atoms with van der Waals surface area (Å²) in [6.07, 6.45) is 1.75. The number of nitrogens with zero attached hydrogens (tertiary/aromatic N) is 6. The molecular formula is C20H19N7O2. The molecule has 5 rings (SSSR count). The number of amides is 1. The molecule has 4 aromatic rings. The summed E-state index contributed by atoms with van der Waals surface area (Å²) >= 11 is 0. The van der Waals surface area contributed by atoms with E-state index in [1.807, 2.05) is 38.2 Å². The second-order valence-electron chi connectivity index (χ2n) is 6.82. The molecule has 3 aromatic heterocycles. The number of aromatic nitrogens is 5. The van der Waals surface area contributed by atoms with Gasteiger partial charge in [0.05, 0.1) is 23.8 Å². The number of rotatable bonds is 3. The maximum Gasteiger partial charge on any atom is 0.253 e. The molecule has 0 radical (unpaired) electrons. The molecule has 0 atom stereocenters. The minimum Gasteiger partial charge on any atom is -0.486 e. The van der Waals surface area contributed by atoms with Crippen LogP contribution in [-0.2, 0) is 0 Å². The second-order valence-corrected chi connectivity index (χ2v) is 6.82. The average Bonchev–Trinajstić information content (AvgIpc) is 3.18. The maximum atomic E-state index is 12.4. The molecular weight excluding hydrogens is 370 g/mol. The number of para-hydroxylation sites is 1. The lowest BCUT2D eigenvalue weighted by Crippen LogP contribution is -2.29. The molecule has 1 aliphatic heterocycles. The van der Waals surface area contributed by atoms with E-state index >= 15 is 0 Å².